The van der Waals surface area contributed by atoms with Crippen LogP contribution in [-0.2, 0) is 11.2 Å². The van der Waals surface area contributed by atoms with Gasteiger partial charge in [-0.2, -0.15) is 0 Å². The molecule has 3 rings (SSSR count). The maximum atomic E-state index is 13.0. The molecule has 1 aliphatic rings. The minimum Gasteiger partial charge on any atom is -0.496 e. The molecular formula is C24H30N2O6. The number of hydrogen-bond acceptors (Lipinski definition) is 6. The van der Waals surface area contributed by atoms with Crippen molar-refractivity contribution in [2.24, 2.45) is 0 Å². The van der Waals surface area contributed by atoms with Crippen LogP contribution in [0.25, 0.3) is 0 Å². The van der Waals surface area contributed by atoms with E-state index in [1.807, 2.05) is 12.1 Å². The molecule has 0 spiro atoms. The molecule has 0 saturated carbocycles. The topological polar surface area (TPSA) is 77.5 Å². The molecule has 8 nitrogen and oxygen atoms in total. The van der Waals surface area contributed by atoms with E-state index in [1.165, 1.54) is 0 Å². The number of benzene rings is 2. The Morgan fingerprint density at radius 3 is 2.00 bits per heavy atom. The average Bonchev–Trinajstić information content (AvgIpc) is 3.09. The Balaban J connectivity index is 1.68. The van der Waals surface area contributed by atoms with Gasteiger partial charge in [-0.25, -0.2) is 0 Å². The zero-order valence-corrected chi connectivity index (χ0v) is 19.1. The molecule has 0 atom stereocenters. The highest BCUT2D eigenvalue weighted by Gasteiger charge is 2.25. The Morgan fingerprint density at radius 2 is 1.38 bits per heavy atom. The van der Waals surface area contributed by atoms with Crippen LogP contribution < -0.4 is 18.9 Å². The van der Waals surface area contributed by atoms with E-state index in [9.17, 15) is 9.59 Å². The maximum Gasteiger partial charge on any atom is 0.257 e. The highest BCUT2D eigenvalue weighted by Crippen LogP contribution is 2.38. The average molecular weight is 443 g/mol. The van der Waals surface area contributed by atoms with Crippen molar-refractivity contribution < 1.29 is 28.5 Å². The van der Waals surface area contributed by atoms with Gasteiger partial charge in [-0.3, -0.25) is 9.59 Å². The van der Waals surface area contributed by atoms with Crippen molar-refractivity contribution in [1.29, 1.82) is 0 Å². The zero-order chi connectivity index (χ0) is 23.1. The second kappa shape index (κ2) is 10.7. The SMILES string of the molecule is COc1ccccc1C(=O)N1CCCN(C(=O)Cc2cc(OC)c(OC)c(OC)c2)CC1. The number of carbonyl (C=O) groups is 2. The number of rotatable bonds is 7. The molecule has 1 aliphatic heterocycles. The van der Waals surface area contributed by atoms with Crippen LogP contribution >= 0.6 is 0 Å². The van der Waals surface area contributed by atoms with Gasteiger partial charge in [0.2, 0.25) is 11.7 Å². The van der Waals surface area contributed by atoms with E-state index >= 15 is 0 Å². The summed E-state index contributed by atoms with van der Waals surface area (Å²) in [4.78, 5) is 29.6. The van der Waals surface area contributed by atoms with Crippen LogP contribution in [0.5, 0.6) is 23.0 Å². The number of ether oxygens (including phenoxy) is 4. The molecule has 0 bridgehead atoms. The van der Waals surface area contributed by atoms with E-state index < -0.39 is 0 Å². The van der Waals surface area contributed by atoms with E-state index in [2.05, 4.69) is 0 Å². The van der Waals surface area contributed by atoms with E-state index in [0.29, 0.717) is 61.2 Å². The molecule has 1 fully saturated rings. The molecule has 32 heavy (non-hydrogen) atoms. The molecule has 1 saturated heterocycles. The molecule has 0 unspecified atom stereocenters. The van der Waals surface area contributed by atoms with Gasteiger partial charge in [0.15, 0.2) is 11.5 Å². The number of amides is 2. The minimum absolute atomic E-state index is 0.00846. The highest BCUT2D eigenvalue weighted by atomic mass is 16.5. The van der Waals surface area contributed by atoms with Gasteiger partial charge in [0, 0.05) is 26.2 Å². The first kappa shape index (κ1) is 23.2. The third-order valence-corrected chi connectivity index (χ3v) is 5.55. The summed E-state index contributed by atoms with van der Waals surface area (Å²) in [5.74, 6) is 1.98. The fourth-order valence-electron chi connectivity index (χ4n) is 3.89. The lowest BCUT2D eigenvalue weighted by molar-refractivity contribution is -0.130. The molecule has 2 aromatic rings. The van der Waals surface area contributed by atoms with Crippen LogP contribution in [-0.4, -0.2) is 76.2 Å². The van der Waals surface area contributed by atoms with Crippen LogP contribution in [0.4, 0.5) is 0 Å². The molecular weight excluding hydrogens is 412 g/mol. The van der Waals surface area contributed by atoms with Crippen LogP contribution in [0.2, 0.25) is 0 Å². The Hall–Kier alpha value is -3.42. The molecule has 2 amide bonds. The van der Waals surface area contributed by atoms with Gasteiger partial charge in [0.1, 0.15) is 5.75 Å². The molecule has 2 aromatic carbocycles. The van der Waals surface area contributed by atoms with Gasteiger partial charge in [-0.1, -0.05) is 12.1 Å². The van der Waals surface area contributed by atoms with Crippen molar-refractivity contribution in [3.05, 3.63) is 47.5 Å². The summed E-state index contributed by atoms with van der Waals surface area (Å²) >= 11 is 0. The van der Waals surface area contributed by atoms with Gasteiger partial charge >= 0.3 is 0 Å². The van der Waals surface area contributed by atoms with Gasteiger partial charge in [-0.15, -0.1) is 0 Å². The van der Waals surface area contributed by atoms with Crippen molar-refractivity contribution in [2.45, 2.75) is 12.8 Å². The third kappa shape index (κ3) is 5.07. The molecule has 172 valence electrons. The second-order valence-corrected chi connectivity index (χ2v) is 7.44. The number of hydrogen-bond donors (Lipinski definition) is 0. The highest BCUT2D eigenvalue weighted by molar-refractivity contribution is 5.97. The first-order valence-electron chi connectivity index (χ1n) is 10.5. The lowest BCUT2D eigenvalue weighted by Crippen LogP contribution is -2.38. The number of methoxy groups -OCH3 is 4. The minimum atomic E-state index is -0.0821. The predicted molar refractivity (Wildman–Crippen MR) is 120 cm³/mol. The molecule has 0 aliphatic carbocycles. The molecule has 1 heterocycles. The van der Waals surface area contributed by atoms with Crippen molar-refractivity contribution in [1.82, 2.24) is 9.80 Å². The van der Waals surface area contributed by atoms with Crippen LogP contribution in [0.1, 0.15) is 22.3 Å². The Labute approximate surface area is 188 Å². The molecule has 0 N–H and O–H groups in total. The van der Waals surface area contributed by atoms with Crippen molar-refractivity contribution >= 4 is 11.8 Å². The van der Waals surface area contributed by atoms with E-state index in [4.69, 9.17) is 18.9 Å². The molecule has 8 heteroatoms. The van der Waals surface area contributed by atoms with Gasteiger partial charge < -0.3 is 28.7 Å². The fraction of sp³-hybridized carbons (Fsp3) is 0.417. The number of nitrogens with zero attached hydrogens (tertiary/aromatic N) is 2. The van der Waals surface area contributed by atoms with Gasteiger partial charge in [0.05, 0.1) is 40.4 Å². The van der Waals surface area contributed by atoms with Gasteiger partial charge in [-0.05, 0) is 36.2 Å². The number of carbonyl (C=O) groups excluding carboxylic acids is 2. The van der Waals surface area contributed by atoms with Crippen LogP contribution in [0, 0.1) is 0 Å². The fourth-order valence-corrected chi connectivity index (χ4v) is 3.89. The third-order valence-electron chi connectivity index (χ3n) is 5.55. The monoisotopic (exact) mass is 442 g/mol. The molecule has 0 radical (unpaired) electrons. The van der Waals surface area contributed by atoms with E-state index in [1.54, 1.807) is 62.5 Å². The summed E-state index contributed by atoms with van der Waals surface area (Å²) in [6, 6.07) is 10.8. The Bertz CT molecular complexity index is 936. The lowest BCUT2D eigenvalue weighted by atomic mass is 10.1. The Morgan fingerprint density at radius 1 is 0.781 bits per heavy atom. The van der Waals surface area contributed by atoms with Crippen LogP contribution in [0.15, 0.2) is 36.4 Å². The molecule has 0 aromatic heterocycles. The maximum absolute atomic E-state index is 13.0. The van der Waals surface area contributed by atoms with Crippen molar-refractivity contribution in [3.8, 4) is 23.0 Å². The van der Waals surface area contributed by atoms with E-state index in [-0.39, 0.29) is 18.2 Å². The predicted octanol–water partition coefficient (Wildman–Crippen LogP) is 2.64. The zero-order valence-electron chi connectivity index (χ0n) is 19.1. The van der Waals surface area contributed by atoms with Gasteiger partial charge in [0.25, 0.3) is 5.91 Å². The summed E-state index contributed by atoms with van der Waals surface area (Å²) in [6.45, 7) is 2.13. The number of para-hydroxylation sites is 1. The summed E-state index contributed by atoms with van der Waals surface area (Å²) in [7, 11) is 6.19. The standard InChI is InChI=1S/C24H30N2O6/c1-29-19-9-6-5-8-18(19)24(28)26-11-7-10-25(12-13-26)22(27)16-17-14-20(30-2)23(32-4)21(15-17)31-3/h5-6,8-9,14-15H,7,10-13,16H2,1-4H3. The van der Waals surface area contributed by atoms with Crippen molar-refractivity contribution in [2.75, 3.05) is 54.6 Å². The summed E-state index contributed by atoms with van der Waals surface area (Å²) in [5.41, 5.74) is 1.31. The summed E-state index contributed by atoms with van der Waals surface area (Å²) < 4.78 is 21.4. The Kier molecular flexibility index (Phi) is 7.81. The quantitative estimate of drug-likeness (QED) is 0.656. The second-order valence-electron chi connectivity index (χ2n) is 7.44. The first-order valence-corrected chi connectivity index (χ1v) is 10.5. The van der Waals surface area contributed by atoms with Crippen LogP contribution in [0.3, 0.4) is 0 Å². The normalized spacial score (nSPS) is 13.9. The van der Waals surface area contributed by atoms with Crippen molar-refractivity contribution in [3.63, 3.8) is 0 Å². The summed E-state index contributed by atoms with van der Waals surface area (Å²) in [5, 5.41) is 0. The smallest absolute Gasteiger partial charge is 0.257 e. The summed E-state index contributed by atoms with van der Waals surface area (Å²) in [6.07, 6.45) is 0.916. The first-order chi connectivity index (χ1) is 15.5. The lowest BCUT2D eigenvalue weighted by Gasteiger charge is -2.23. The van der Waals surface area contributed by atoms with E-state index in [0.717, 1.165) is 5.56 Å². The largest absolute Gasteiger partial charge is 0.496 e.